The SMILES string of the molecule is COc1cc(CCCCO[C@@H]2CCN(C(C(=O)O)c3cc(F)ccc3COC(C)C)C2)nc2c1CCCC2.O=CO. The Morgan fingerprint density at radius 2 is 1.98 bits per heavy atom. The van der Waals surface area contributed by atoms with Gasteiger partial charge >= 0.3 is 5.97 Å². The second-order valence-electron chi connectivity index (χ2n) is 10.7. The number of pyridine rings is 1. The number of unbranched alkanes of at least 4 members (excludes halogenated alkanes) is 1. The number of carboxylic acid groups (broad SMARTS) is 2. The third kappa shape index (κ3) is 9.48. The van der Waals surface area contributed by atoms with Gasteiger partial charge in [0, 0.05) is 42.7 Å². The number of carboxylic acids is 1. The number of hydrogen-bond acceptors (Lipinski definition) is 7. The largest absolute Gasteiger partial charge is 0.496 e. The Kier molecular flexibility index (Phi) is 13.0. The predicted octanol–water partition coefficient (Wildman–Crippen LogP) is 4.97. The number of methoxy groups -OCH3 is 1. The van der Waals surface area contributed by atoms with Crippen LogP contribution < -0.4 is 4.74 Å². The zero-order valence-electron chi connectivity index (χ0n) is 24.3. The number of aryl methyl sites for hydroxylation is 2. The normalized spacial score (nSPS) is 17.4. The Hall–Kier alpha value is -3.08. The summed E-state index contributed by atoms with van der Waals surface area (Å²) in [4.78, 5) is 27.4. The van der Waals surface area contributed by atoms with Crippen molar-refractivity contribution in [2.24, 2.45) is 0 Å². The molecule has 2 N–H and O–H groups in total. The van der Waals surface area contributed by atoms with E-state index in [-0.39, 0.29) is 25.3 Å². The molecule has 1 aliphatic heterocycles. The molecule has 2 aliphatic rings. The summed E-state index contributed by atoms with van der Waals surface area (Å²) in [6.45, 7) is 5.53. The average molecular weight is 575 g/mol. The molecule has 2 atom stereocenters. The summed E-state index contributed by atoms with van der Waals surface area (Å²) >= 11 is 0. The van der Waals surface area contributed by atoms with E-state index in [1.165, 1.54) is 36.2 Å². The topological polar surface area (TPSA) is 118 Å². The zero-order valence-corrected chi connectivity index (χ0v) is 24.3. The average Bonchev–Trinajstić information content (AvgIpc) is 3.40. The highest BCUT2D eigenvalue weighted by Gasteiger charge is 2.35. The molecule has 41 heavy (non-hydrogen) atoms. The summed E-state index contributed by atoms with van der Waals surface area (Å²) < 4.78 is 31.6. The van der Waals surface area contributed by atoms with Crippen molar-refractivity contribution in [3.8, 4) is 5.75 Å². The molecule has 0 radical (unpaired) electrons. The molecule has 2 aromatic rings. The van der Waals surface area contributed by atoms with Gasteiger partial charge in [0.2, 0.25) is 0 Å². The van der Waals surface area contributed by atoms with Crippen molar-refractivity contribution < 1.29 is 38.4 Å². The standard InChI is InChI=1S/C30H41FN2O5.CH2O2/c1-20(2)38-19-21-11-12-22(31)16-26(21)29(30(34)35)33-14-13-24(18-33)37-15-7-6-8-23-17-28(36-3)25-9-4-5-10-27(25)32-23;2-1-3/h11-12,16-17,20,24,29H,4-10,13-15,18-19H2,1-3H3,(H,34,35);1H,(H,2,3)/t24-,29?;/m1./s1. The van der Waals surface area contributed by atoms with E-state index < -0.39 is 17.8 Å². The molecule has 1 aromatic heterocycles. The summed E-state index contributed by atoms with van der Waals surface area (Å²) in [6.07, 6.45) is 7.91. The van der Waals surface area contributed by atoms with E-state index in [2.05, 4.69) is 6.07 Å². The second-order valence-corrected chi connectivity index (χ2v) is 10.7. The lowest BCUT2D eigenvalue weighted by Crippen LogP contribution is -2.34. The van der Waals surface area contributed by atoms with E-state index in [4.69, 9.17) is 29.1 Å². The van der Waals surface area contributed by atoms with Crippen molar-refractivity contribution in [1.29, 1.82) is 0 Å². The lowest BCUT2D eigenvalue weighted by Gasteiger charge is -2.26. The van der Waals surface area contributed by atoms with Crippen molar-refractivity contribution in [3.05, 3.63) is 58.2 Å². The number of aliphatic carboxylic acids is 1. The minimum atomic E-state index is -0.991. The van der Waals surface area contributed by atoms with E-state index in [0.29, 0.717) is 30.8 Å². The Morgan fingerprint density at radius 3 is 2.68 bits per heavy atom. The number of aromatic nitrogens is 1. The van der Waals surface area contributed by atoms with Crippen LogP contribution in [0.1, 0.15) is 80.1 Å². The highest BCUT2D eigenvalue weighted by molar-refractivity contribution is 5.76. The number of rotatable bonds is 13. The molecule has 1 aliphatic carbocycles. The number of benzene rings is 1. The smallest absolute Gasteiger partial charge is 0.325 e. The van der Waals surface area contributed by atoms with E-state index in [9.17, 15) is 14.3 Å². The van der Waals surface area contributed by atoms with Crippen LogP contribution >= 0.6 is 0 Å². The first-order valence-corrected chi connectivity index (χ1v) is 14.4. The van der Waals surface area contributed by atoms with Gasteiger partial charge in [0.1, 0.15) is 17.6 Å². The molecule has 0 saturated carbocycles. The molecule has 4 rings (SSSR count). The molecule has 0 amide bonds. The van der Waals surface area contributed by atoms with E-state index in [0.717, 1.165) is 50.0 Å². The summed E-state index contributed by atoms with van der Waals surface area (Å²) in [7, 11) is 1.73. The van der Waals surface area contributed by atoms with Crippen molar-refractivity contribution in [2.75, 3.05) is 26.8 Å². The maximum atomic E-state index is 14.1. The monoisotopic (exact) mass is 574 g/mol. The summed E-state index contributed by atoms with van der Waals surface area (Å²) in [5.41, 5.74) is 4.69. The number of hydrogen-bond donors (Lipinski definition) is 2. The summed E-state index contributed by atoms with van der Waals surface area (Å²) in [5, 5.41) is 17.0. The number of halogens is 1. The van der Waals surface area contributed by atoms with Crippen LogP contribution in [0.25, 0.3) is 0 Å². The molecule has 2 heterocycles. The fraction of sp³-hybridized carbons (Fsp3) is 0.581. The van der Waals surface area contributed by atoms with Crippen LogP contribution in [0.5, 0.6) is 5.75 Å². The van der Waals surface area contributed by atoms with Gasteiger partial charge in [-0.3, -0.25) is 19.5 Å². The maximum Gasteiger partial charge on any atom is 0.325 e. The lowest BCUT2D eigenvalue weighted by molar-refractivity contribution is -0.143. The van der Waals surface area contributed by atoms with Gasteiger partial charge in [-0.1, -0.05) is 6.07 Å². The van der Waals surface area contributed by atoms with E-state index in [1.54, 1.807) is 13.2 Å². The molecule has 0 bridgehead atoms. The minimum absolute atomic E-state index is 0.00852. The van der Waals surface area contributed by atoms with Crippen LogP contribution in [-0.2, 0) is 44.9 Å². The van der Waals surface area contributed by atoms with Gasteiger partial charge in [0.05, 0.1) is 25.9 Å². The second kappa shape index (κ2) is 16.4. The number of ether oxygens (including phenoxy) is 3. The van der Waals surface area contributed by atoms with Crippen molar-refractivity contribution in [3.63, 3.8) is 0 Å². The molecule has 226 valence electrons. The van der Waals surface area contributed by atoms with Crippen LogP contribution in [0.4, 0.5) is 4.39 Å². The van der Waals surface area contributed by atoms with Gasteiger partial charge in [0.25, 0.3) is 6.47 Å². The first-order chi connectivity index (χ1) is 19.8. The summed E-state index contributed by atoms with van der Waals surface area (Å²) in [6, 6.07) is 5.46. The van der Waals surface area contributed by atoms with Crippen molar-refractivity contribution in [2.45, 2.75) is 90.1 Å². The fourth-order valence-electron chi connectivity index (χ4n) is 5.51. The first kappa shape index (κ1) is 32.4. The number of carbonyl (C=O) groups is 2. The minimum Gasteiger partial charge on any atom is -0.496 e. The third-order valence-electron chi connectivity index (χ3n) is 7.46. The van der Waals surface area contributed by atoms with Gasteiger partial charge in [0.15, 0.2) is 0 Å². The molecule has 0 spiro atoms. The molecule has 10 heteroatoms. The van der Waals surface area contributed by atoms with Gasteiger partial charge in [-0.25, -0.2) is 4.39 Å². The quantitative estimate of drug-likeness (QED) is 0.252. The number of likely N-dealkylation sites (tertiary alicyclic amines) is 1. The lowest BCUT2D eigenvalue weighted by atomic mass is 9.94. The summed E-state index contributed by atoms with van der Waals surface area (Å²) in [5.74, 6) is -0.468. The van der Waals surface area contributed by atoms with Crippen LogP contribution in [-0.4, -0.2) is 71.6 Å². The Balaban J connectivity index is 0.00000147. The van der Waals surface area contributed by atoms with Crippen LogP contribution in [0, 0.1) is 5.82 Å². The zero-order chi connectivity index (χ0) is 29.8. The van der Waals surface area contributed by atoms with E-state index >= 15 is 0 Å². The van der Waals surface area contributed by atoms with Gasteiger partial charge in [-0.05, 0) is 88.5 Å². The fourth-order valence-corrected chi connectivity index (χ4v) is 5.51. The number of nitrogens with zero attached hydrogens (tertiary/aromatic N) is 2. The highest BCUT2D eigenvalue weighted by Crippen LogP contribution is 2.31. The Bertz CT molecular complexity index is 1130. The molecule has 1 unspecified atom stereocenters. The third-order valence-corrected chi connectivity index (χ3v) is 7.46. The maximum absolute atomic E-state index is 14.1. The Morgan fingerprint density at radius 1 is 1.22 bits per heavy atom. The van der Waals surface area contributed by atoms with Crippen molar-refractivity contribution in [1.82, 2.24) is 9.88 Å². The molecule has 1 aromatic carbocycles. The molecule has 1 saturated heterocycles. The van der Waals surface area contributed by atoms with Gasteiger partial charge < -0.3 is 24.4 Å². The molecule has 1 fully saturated rings. The Labute approximate surface area is 241 Å². The van der Waals surface area contributed by atoms with Crippen LogP contribution in [0.15, 0.2) is 24.3 Å². The van der Waals surface area contributed by atoms with Crippen LogP contribution in [0.3, 0.4) is 0 Å². The first-order valence-electron chi connectivity index (χ1n) is 14.4. The van der Waals surface area contributed by atoms with Crippen LogP contribution in [0.2, 0.25) is 0 Å². The predicted molar refractivity (Wildman–Crippen MR) is 152 cm³/mol. The van der Waals surface area contributed by atoms with E-state index in [1.807, 2.05) is 18.7 Å². The van der Waals surface area contributed by atoms with Crippen molar-refractivity contribution >= 4 is 12.4 Å². The van der Waals surface area contributed by atoms with Gasteiger partial charge in [-0.2, -0.15) is 0 Å². The highest BCUT2D eigenvalue weighted by atomic mass is 19.1. The molecular weight excluding hydrogens is 531 g/mol. The molecule has 9 nitrogen and oxygen atoms in total. The number of fused-ring (bicyclic) bond motifs is 1. The van der Waals surface area contributed by atoms with Gasteiger partial charge in [-0.15, -0.1) is 0 Å². The molecular formula is C31H43FN2O7.